The minimum atomic E-state index is -0.569. The summed E-state index contributed by atoms with van der Waals surface area (Å²) >= 11 is 0. The molecule has 0 spiro atoms. The number of hydrogen-bond donors (Lipinski definition) is 1. The van der Waals surface area contributed by atoms with E-state index in [9.17, 15) is 9.90 Å². The molecule has 0 aromatic carbocycles. The smallest absolute Gasteiger partial charge is 0.157 e. The Labute approximate surface area is 180 Å². The van der Waals surface area contributed by atoms with Gasteiger partial charge in [0.05, 0.1) is 18.8 Å². The van der Waals surface area contributed by atoms with Crippen molar-refractivity contribution >= 4 is 5.78 Å². The standard InChI is InChI=1S/C26H38O4/c1-24-10-7-17(27)15-16(24)3-4-18-20(24)8-11-25(2)23(18)19-5-6-21(19)26(25,28)12-9-22-29-13-14-30-22/h15,18-23,28H,3-14H2,1-2H3/t18-,19-,20+,21+,23-,24+,25+,26+/m1/s1. The first-order valence-corrected chi connectivity index (χ1v) is 12.6. The van der Waals surface area contributed by atoms with Gasteiger partial charge in [0, 0.05) is 12.8 Å². The van der Waals surface area contributed by atoms with Crippen molar-refractivity contribution in [3.8, 4) is 0 Å². The van der Waals surface area contributed by atoms with Crippen molar-refractivity contribution in [1.82, 2.24) is 0 Å². The molecule has 5 aliphatic carbocycles. The van der Waals surface area contributed by atoms with Crippen molar-refractivity contribution in [3.63, 3.8) is 0 Å². The molecule has 0 aromatic heterocycles. The van der Waals surface area contributed by atoms with Gasteiger partial charge in [0.25, 0.3) is 0 Å². The third-order valence-corrected chi connectivity index (χ3v) is 11.1. The van der Waals surface area contributed by atoms with E-state index in [0.29, 0.717) is 48.6 Å². The Kier molecular flexibility index (Phi) is 4.42. The molecular formula is C26H38O4. The molecule has 5 fully saturated rings. The fourth-order valence-corrected chi connectivity index (χ4v) is 9.46. The highest BCUT2D eigenvalue weighted by molar-refractivity contribution is 5.91. The first kappa shape index (κ1) is 19.9. The zero-order valence-corrected chi connectivity index (χ0v) is 18.7. The number of carbonyl (C=O) groups is 1. The number of fused-ring (bicyclic) bond motifs is 7. The number of ether oxygens (including phenoxy) is 2. The van der Waals surface area contributed by atoms with Crippen molar-refractivity contribution in [1.29, 1.82) is 0 Å². The van der Waals surface area contributed by atoms with Crippen LogP contribution in [0.15, 0.2) is 11.6 Å². The molecule has 1 saturated heterocycles. The highest BCUT2D eigenvalue weighted by Crippen LogP contribution is 2.74. The van der Waals surface area contributed by atoms with Gasteiger partial charge in [0.2, 0.25) is 0 Å². The summed E-state index contributed by atoms with van der Waals surface area (Å²) in [4.78, 5) is 12.1. The van der Waals surface area contributed by atoms with Crippen molar-refractivity contribution in [2.45, 2.75) is 89.9 Å². The van der Waals surface area contributed by atoms with Crippen LogP contribution in [-0.4, -0.2) is 36.0 Å². The SMILES string of the molecule is C[C@]12CCC(=O)C=C1CC[C@H]1[C@@H]3[C@@H]4CC[C@@H]4[C@@](O)(CCC4OCCO4)[C@@]3(C)CC[C@@H]12. The van der Waals surface area contributed by atoms with E-state index in [1.165, 1.54) is 31.3 Å². The van der Waals surface area contributed by atoms with Crippen molar-refractivity contribution in [2.75, 3.05) is 13.2 Å². The lowest BCUT2D eigenvalue weighted by atomic mass is 9.45. The molecule has 4 nitrogen and oxygen atoms in total. The minimum Gasteiger partial charge on any atom is -0.389 e. The molecule has 0 amide bonds. The van der Waals surface area contributed by atoms with Gasteiger partial charge in [-0.1, -0.05) is 19.4 Å². The lowest BCUT2D eigenvalue weighted by Gasteiger charge is -2.59. The van der Waals surface area contributed by atoms with Gasteiger partial charge in [-0.15, -0.1) is 0 Å². The summed E-state index contributed by atoms with van der Waals surface area (Å²) in [5, 5.41) is 12.3. The molecule has 1 heterocycles. The van der Waals surface area contributed by atoms with Gasteiger partial charge in [-0.25, -0.2) is 0 Å². The van der Waals surface area contributed by atoms with Crippen molar-refractivity contribution in [3.05, 3.63) is 11.6 Å². The van der Waals surface area contributed by atoms with E-state index in [0.717, 1.165) is 38.5 Å². The summed E-state index contributed by atoms with van der Waals surface area (Å²) in [5.74, 6) is 3.53. The molecule has 0 aromatic rings. The zero-order chi connectivity index (χ0) is 20.7. The van der Waals surface area contributed by atoms with Crippen LogP contribution in [0.25, 0.3) is 0 Å². The molecular weight excluding hydrogens is 376 g/mol. The van der Waals surface area contributed by atoms with Gasteiger partial charge >= 0.3 is 0 Å². The van der Waals surface area contributed by atoms with Crippen LogP contribution >= 0.6 is 0 Å². The Bertz CT molecular complexity index is 769. The third-order valence-electron chi connectivity index (χ3n) is 11.1. The number of allylic oxidation sites excluding steroid dienone is 1. The van der Waals surface area contributed by atoms with Crippen LogP contribution in [0.1, 0.15) is 78.1 Å². The first-order valence-electron chi connectivity index (χ1n) is 12.6. The number of hydrogen-bond acceptors (Lipinski definition) is 4. The predicted octanol–water partition coefficient (Wildman–Crippen LogP) is 4.65. The van der Waals surface area contributed by atoms with Crippen LogP contribution in [-0.2, 0) is 14.3 Å². The number of rotatable bonds is 3. The molecule has 0 unspecified atom stereocenters. The quantitative estimate of drug-likeness (QED) is 0.730. The fraction of sp³-hybridized carbons (Fsp3) is 0.885. The largest absolute Gasteiger partial charge is 0.389 e. The average Bonchev–Trinajstić information content (AvgIpc) is 3.25. The second kappa shape index (κ2) is 6.65. The van der Waals surface area contributed by atoms with Crippen LogP contribution in [0.2, 0.25) is 0 Å². The number of carbonyl (C=O) groups excluding carboxylic acids is 1. The molecule has 30 heavy (non-hydrogen) atoms. The summed E-state index contributed by atoms with van der Waals surface area (Å²) in [7, 11) is 0. The summed E-state index contributed by atoms with van der Waals surface area (Å²) in [6.07, 6.45) is 12.4. The Morgan fingerprint density at radius 2 is 1.77 bits per heavy atom. The monoisotopic (exact) mass is 414 g/mol. The molecule has 6 aliphatic rings. The lowest BCUT2D eigenvalue weighted by Crippen LogP contribution is -2.55. The van der Waals surface area contributed by atoms with E-state index in [1.54, 1.807) is 0 Å². The second-order valence-electron chi connectivity index (χ2n) is 11.8. The molecule has 1 N–H and O–H groups in total. The summed E-state index contributed by atoms with van der Waals surface area (Å²) in [6.45, 7) is 6.27. The van der Waals surface area contributed by atoms with Gasteiger partial charge in [-0.3, -0.25) is 4.79 Å². The zero-order valence-electron chi connectivity index (χ0n) is 18.7. The summed E-state index contributed by atoms with van der Waals surface area (Å²) in [6, 6.07) is 0. The van der Waals surface area contributed by atoms with E-state index in [-0.39, 0.29) is 17.1 Å². The molecule has 166 valence electrons. The highest BCUT2D eigenvalue weighted by Gasteiger charge is 2.72. The van der Waals surface area contributed by atoms with Gasteiger partial charge in [0.1, 0.15) is 0 Å². The van der Waals surface area contributed by atoms with Gasteiger partial charge in [-0.05, 0) is 97.9 Å². The molecule has 0 radical (unpaired) electrons. The maximum Gasteiger partial charge on any atom is 0.157 e. The average molecular weight is 415 g/mol. The lowest BCUT2D eigenvalue weighted by molar-refractivity contribution is -0.154. The van der Waals surface area contributed by atoms with Gasteiger partial charge in [0.15, 0.2) is 12.1 Å². The van der Waals surface area contributed by atoms with E-state index in [1.807, 2.05) is 6.08 Å². The van der Waals surface area contributed by atoms with Crippen LogP contribution in [0.3, 0.4) is 0 Å². The maximum absolute atomic E-state index is 12.3. The Hall–Kier alpha value is -0.710. The molecule has 1 aliphatic heterocycles. The van der Waals surface area contributed by atoms with E-state index < -0.39 is 5.60 Å². The molecule has 4 saturated carbocycles. The summed E-state index contributed by atoms with van der Waals surface area (Å²) < 4.78 is 11.4. The molecule has 0 bridgehead atoms. The molecule has 6 rings (SSSR count). The Morgan fingerprint density at radius 3 is 2.50 bits per heavy atom. The number of ketones is 1. The fourth-order valence-electron chi connectivity index (χ4n) is 9.46. The highest BCUT2D eigenvalue weighted by atomic mass is 16.7. The van der Waals surface area contributed by atoms with E-state index in [4.69, 9.17) is 9.47 Å². The van der Waals surface area contributed by atoms with E-state index >= 15 is 0 Å². The normalized spacial score (nSPS) is 52.7. The van der Waals surface area contributed by atoms with E-state index in [2.05, 4.69) is 13.8 Å². The Balaban J connectivity index is 1.30. The van der Waals surface area contributed by atoms with Crippen LogP contribution in [0.5, 0.6) is 0 Å². The first-order chi connectivity index (χ1) is 14.4. The van der Waals surface area contributed by atoms with Gasteiger partial charge in [-0.2, -0.15) is 0 Å². The topological polar surface area (TPSA) is 55.8 Å². The van der Waals surface area contributed by atoms with Crippen LogP contribution in [0.4, 0.5) is 0 Å². The Morgan fingerprint density at radius 1 is 1.00 bits per heavy atom. The van der Waals surface area contributed by atoms with Gasteiger partial charge < -0.3 is 14.6 Å². The van der Waals surface area contributed by atoms with Crippen LogP contribution in [0, 0.1) is 40.4 Å². The predicted molar refractivity (Wildman–Crippen MR) is 114 cm³/mol. The second-order valence-corrected chi connectivity index (χ2v) is 11.8. The molecule has 4 heteroatoms. The van der Waals surface area contributed by atoms with Crippen molar-refractivity contribution in [2.24, 2.45) is 40.4 Å². The summed E-state index contributed by atoms with van der Waals surface area (Å²) in [5.41, 5.74) is 1.10. The van der Waals surface area contributed by atoms with Crippen LogP contribution < -0.4 is 0 Å². The maximum atomic E-state index is 12.3. The molecule has 8 atom stereocenters. The number of aliphatic hydroxyl groups is 1. The third kappa shape index (κ3) is 2.48. The minimum absolute atomic E-state index is 0.0146. The van der Waals surface area contributed by atoms with Crippen molar-refractivity contribution < 1.29 is 19.4 Å².